The predicted molar refractivity (Wildman–Crippen MR) is 91.8 cm³/mol. The Hall–Kier alpha value is -0.880. The fourth-order valence-electron chi connectivity index (χ4n) is 2.93. The molecular weight excluding hydrogens is 304 g/mol. The highest BCUT2D eigenvalue weighted by molar-refractivity contribution is 8.00. The Labute approximate surface area is 131 Å². The molecule has 118 valence electrons. The molecule has 21 heavy (non-hydrogen) atoms. The number of nitrogen functional groups attached to an aromatic ring is 1. The van der Waals surface area contributed by atoms with Gasteiger partial charge >= 0.3 is 0 Å². The summed E-state index contributed by atoms with van der Waals surface area (Å²) in [4.78, 5) is 0.203. The SMILES string of the molecule is CSC1(CNc2cccc(S(C)(=O)=O)c2N)CCCCC1. The lowest BCUT2D eigenvalue weighted by atomic mass is 9.88. The van der Waals surface area contributed by atoms with Crippen LogP contribution in [0.3, 0.4) is 0 Å². The maximum absolute atomic E-state index is 11.7. The van der Waals surface area contributed by atoms with Crippen LogP contribution in [0.25, 0.3) is 0 Å². The summed E-state index contributed by atoms with van der Waals surface area (Å²) in [6, 6.07) is 5.14. The number of hydrogen-bond donors (Lipinski definition) is 2. The Morgan fingerprint density at radius 3 is 2.52 bits per heavy atom. The van der Waals surface area contributed by atoms with Gasteiger partial charge < -0.3 is 11.1 Å². The maximum Gasteiger partial charge on any atom is 0.177 e. The summed E-state index contributed by atoms with van der Waals surface area (Å²) in [6.07, 6.45) is 9.59. The minimum atomic E-state index is -3.29. The lowest BCUT2D eigenvalue weighted by molar-refractivity contribution is 0.411. The van der Waals surface area contributed by atoms with Crippen LogP contribution >= 0.6 is 11.8 Å². The summed E-state index contributed by atoms with van der Waals surface area (Å²) in [5.74, 6) is 0. The number of rotatable bonds is 5. The minimum absolute atomic E-state index is 0.203. The standard InChI is InChI=1S/C15H24N2O2S2/c1-20-15(9-4-3-5-10-15)11-17-12-7-6-8-13(14(12)16)21(2,18)19/h6-8,17H,3-5,9-11,16H2,1-2H3. The molecular formula is C15H24N2O2S2. The Kier molecular flexibility index (Phi) is 5.09. The van der Waals surface area contributed by atoms with Gasteiger partial charge in [0.1, 0.15) is 0 Å². The van der Waals surface area contributed by atoms with Crippen LogP contribution in [0.15, 0.2) is 23.1 Å². The van der Waals surface area contributed by atoms with Gasteiger partial charge in [0.2, 0.25) is 0 Å². The van der Waals surface area contributed by atoms with E-state index in [9.17, 15) is 8.42 Å². The molecule has 1 saturated carbocycles. The van der Waals surface area contributed by atoms with Gasteiger partial charge in [0, 0.05) is 17.5 Å². The van der Waals surface area contributed by atoms with E-state index < -0.39 is 9.84 Å². The highest BCUT2D eigenvalue weighted by atomic mass is 32.2. The predicted octanol–water partition coefficient (Wildman–Crippen LogP) is 3.15. The Morgan fingerprint density at radius 2 is 1.95 bits per heavy atom. The van der Waals surface area contributed by atoms with Gasteiger partial charge in [-0.1, -0.05) is 25.3 Å². The lowest BCUT2D eigenvalue weighted by Crippen LogP contribution is -2.35. The van der Waals surface area contributed by atoms with E-state index in [-0.39, 0.29) is 9.64 Å². The number of sulfone groups is 1. The van der Waals surface area contributed by atoms with Gasteiger partial charge in [-0.3, -0.25) is 0 Å². The number of hydrogen-bond acceptors (Lipinski definition) is 5. The highest BCUT2D eigenvalue weighted by Gasteiger charge is 2.31. The zero-order valence-electron chi connectivity index (χ0n) is 12.7. The van der Waals surface area contributed by atoms with E-state index in [4.69, 9.17) is 5.73 Å². The molecule has 2 rings (SSSR count). The number of anilines is 2. The molecule has 1 aliphatic rings. The van der Waals surface area contributed by atoms with Crippen molar-refractivity contribution in [2.45, 2.75) is 41.7 Å². The van der Waals surface area contributed by atoms with Crippen LogP contribution in [-0.4, -0.2) is 32.2 Å². The molecule has 0 saturated heterocycles. The Balaban J connectivity index is 2.17. The minimum Gasteiger partial charge on any atom is -0.396 e. The van der Waals surface area contributed by atoms with Gasteiger partial charge in [-0.05, 0) is 31.2 Å². The van der Waals surface area contributed by atoms with Crippen molar-refractivity contribution in [1.82, 2.24) is 0 Å². The first-order valence-electron chi connectivity index (χ1n) is 7.25. The van der Waals surface area contributed by atoms with Gasteiger partial charge in [0.15, 0.2) is 9.84 Å². The average Bonchev–Trinajstić information content (AvgIpc) is 2.46. The molecule has 1 aromatic carbocycles. The number of benzene rings is 1. The molecule has 3 N–H and O–H groups in total. The summed E-state index contributed by atoms with van der Waals surface area (Å²) in [5, 5.41) is 3.38. The van der Waals surface area contributed by atoms with Crippen molar-refractivity contribution >= 4 is 33.0 Å². The molecule has 4 nitrogen and oxygen atoms in total. The van der Waals surface area contributed by atoms with Crippen LogP contribution in [0.5, 0.6) is 0 Å². The van der Waals surface area contributed by atoms with Crippen LogP contribution in [-0.2, 0) is 9.84 Å². The molecule has 6 heteroatoms. The lowest BCUT2D eigenvalue weighted by Gasteiger charge is -2.36. The number of nitrogens with one attached hydrogen (secondary N) is 1. The third-order valence-corrected chi connectivity index (χ3v) is 6.84. The van der Waals surface area contributed by atoms with Crippen molar-refractivity contribution in [3.8, 4) is 0 Å². The molecule has 0 amide bonds. The van der Waals surface area contributed by atoms with Crippen LogP contribution in [0.2, 0.25) is 0 Å². The zero-order chi connectivity index (χ0) is 15.5. The molecule has 0 aromatic heterocycles. The number of nitrogens with two attached hydrogens (primary N) is 1. The van der Waals surface area contributed by atoms with E-state index >= 15 is 0 Å². The van der Waals surface area contributed by atoms with Crippen molar-refractivity contribution in [2.24, 2.45) is 0 Å². The number of thioether (sulfide) groups is 1. The van der Waals surface area contributed by atoms with Crippen molar-refractivity contribution in [2.75, 3.05) is 30.1 Å². The van der Waals surface area contributed by atoms with Gasteiger partial charge in [0.25, 0.3) is 0 Å². The van der Waals surface area contributed by atoms with E-state index in [1.165, 1.54) is 38.4 Å². The zero-order valence-corrected chi connectivity index (χ0v) is 14.3. The molecule has 1 fully saturated rings. The van der Waals surface area contributed by atoms with Gasteiger partial charge in [0.05, 0.1) is 16.3 Å². The van der Waals surface area contributed by atoms with Crippen molar-refractivity contribution in [1.29, 1.82) is 0 Å². The average molecular weight is 329 g/mol. The van der Waals surface area contributed by atoms with E-state index in [0.717, 1.165) is 12.2 Å². The van der Waals surface area contributed by atoms with Crippen LogP contribution in [0, 0.1) is 0 Å². The maximum atomic E-state index is 11.7. The van der Waals surface area contributed by atoms with E-state index in [1.807, 2.05) is 17.8 Å². The summed E-state index contributed by atoms with van der Waals surface area (Å²) >= 11 is 1.91. The van der Waals surface area contributed by atoms with Crippen molar-refractivity contribution in [3.63, 3.8) is 0 Å². The highest BCUT2D eigenvalue weighted by Crippen LogP contribution is 2.39. The van der Waals surface area contributed by atoms with Crippen LogP contribution in [0.4, 0.5) is 11.4 Å². The molecule has 0 heterocycles. The second-order valence-corrected chi connectivity index (χ2v) is 9.05. The first-order valence-corrected chi connectivity index (χ1v) is 10.4. The molecule has 1 aliphatic carbocycles. The van der Waals surface area contributed by atoms with E-state index in [1.54, 1.807) is 12.1 Å². The molecule has 0 aliphatic heterocycles. The molecule has 0 spiro atoms. The molecule has 0 unspecified atom stereocenters. The smallest absolute Gasteiger partial charge is 0.177 e. The van der Waals surface area contributed by atoms with E-state index in [0.29, 0.717) is 5.69 Å². The first-order chi connectivity index (χ1) is 9.88. The van der Waals surface area contributed by atoms with Crippen molar-refractivity contribution in [3.05, 3.63) is 18.2 Å². The number of para-hydroxylation sites is 1. The molecule has 1 aromatic rings. The molecule has 0 atom stereocenters. The quantitative estimate of drug-likeness (QED) is 0.812. The fraction of sp³-hybridized carbons (Fsp3) is 0.600. The second kappa shape index (κ2) is 6.48. The summed E-state index contributed by atoms with van der Waals surface area (Å²) in [5.41, 5.74) is 7.07. The summed E-state index contributed by atoms with van der Waals surface area (Å²) < 4.78 is 23.7. The van der Waals surface area contributed by atoms with E-state index in [2.05, 4.69) is 11.6 Å². The summed E-state index contributed by atoms with van der Waals surface area (Å²) in [6.45, 7) is 0.825. The second-order valence-electron chi connectivity index (χ2n) is 5.79. The fourth-order valence-corrected chi connectivity index (χ4v) is 4.68. The molecule has 0 bridgehead atoms. The van der Waals surface area contributed by atoms with Gasteiger partial charge in [-0.2, -0.15) is 11.8 Å². The first kappa shape index (κ1) is 16.5. The largest absolute Gasteiger partial charge is 0.396 e. The Bertz CT molecular complexity index is 594. The molecule has 0 radical (unpaired) electrons. The van der Waals surface area contributed by atoms with Crippen LogP contribution < -0.4 is 11.1 Å². The van der Waals surface area contributed by atoms with Gasteiger partial charge in [-0.15, -0.1) is 0 Å². The third kappa shape index (κ3) is 3.86. The Morgan fingerprint density at radius 1 is 1.29 bits per heavy atom. The normalized spacial score (nSPS) is 18.4. The third-order valence-electron chi connectivity index (χ3n) is 4.26. The summed E-state index contributed by atoms with van der Waals surface area (Å²) in [7, 11) is -3.29. The monoisotopic (exact) mass is 328 g/mol. The van der Waals surface area contributed by atoms with Crippen molar-refractivity contribution < 1.29 is 8.42 Å². The topological polar surface area (TPSA) is 72.2 Å². The van der Waals surface area contributed by atoms with Crippen LogP contribution in [0.1, 0.15) is 32.1 Å². The van der Waals surface area contributed by atoms with Gasteiger partial charge in [-0.25, -0.2) is 8.42 Å².